The molecule has 2 heteroatoms. The van der Waals surface area contributed by atoms with E-state index < -0.39 is 0 Å². The van der Waals surface area contributed by atoms with Gasteiger partial charge in [0.15, 0.2) is 5.78 Å². The zero-order valence-electron chi connectivity index (χ0n) is 8.29. The van der Waals surface area contributed by atoms with Gasteiger partial charge >= 0.3 is 0 Å². The quantitative estimate of drug-likeness (QED) is 0.581. The second-order valence-electron chi connectivity index (χ2n) is 3.13. The van der Waals surface area contributed by atoms with Crippen LogP contribution in [0.15, 0.2) is 30.9 Å². The molecule has 14 heavy (non-hydrogen) atoms. The summed E-state index contributed by atoms with van der Waals surface area (Å²) < 4.78 is 0. The number of hydrogen-bond donors (Lipinski definition) is 1. The van der Waals surface area contributed by atoms with Crippen LogP contribution in [0.4, 0.5) is 0 Å². The zero-order valence-corrected chi connectivity index (χ0v) is 8.29. The largest absolute Gasteiger partial charge is 0.396 e. The van der Waals surface area contributed by atoms with Gasteiger partial charge in [0.1, 0.15) is 0 Å². The lowest BCUT2D eigenvalue weighted by molar-refractivity contribution is 0.104. The SMILES string of the molecule is C=CC(=O)c1cccc(CCO)c1C. The van der Waals surface area contributed by atoms with Crippen molar-refractivity contribution in [3.05, 3.63) is 47.5 Å². The summed E-state index contributed by atoms with van der Waals surface area (Å²) in [6.45, 7) is 5.45. The lowest BCUT2D eigenvalue weighted by Crippen LogP contribution is -2.02. The fraction of sp³-hybridized carbons (Fsp3) is 0.250. The van der Waals surface area contributed by atoms with Crippen LogP contribution in [0.1, 0.15) is 21.5 Å². The van der Waals surface area contributed by atoms with Crippen molar-refractivity contribution >= 4 is 5.78 Å². The minimum atomic E-state index is -0.0673. The minimum absolute atomic E-state index is 0.0673. The Morgan fingerprint density at radius 3 is 2.86 bits per heavy atom. The normalized spacial score (nSPS) is 9.86. The maximum absolute atomic E-state index is 11.4. The van der Waals surface area contributed by atoms with Crippen molar-refractivity contribution in [1.29, 1.82) is 0 Å². The number of aliphatic hydroxyl groups is 1. The molecule has 0 amide bonds. The molecule has 0 unspecified atom stereocenters. The third kappa shape index (κ3) is 2.09. The van der Waals surface area contributed by atoms with Crippen LogP contribution in [0.2, 0.25) is 0 Å². The van der Waals surface area contributed by atoms with Crippen LogP contribution in [0, 0.1) is 6.92 Å². The number of rotatable bonds is 4. The molecule has 0 saturated carbocycles. The summed E-state index contributed by atoms with van der Waals surface area (Å²) in [6, 6.07) is 5.53. The number of carbonyl (C=O) groups excluding carboxylic acids is 1. The summed E-state index contributed by atoms with van der Waals surface area (Å²) in [6.07, 6.45) is 1.90. The highest BCUT2D eigenvalue weighted by atomic mass is 16.2. The van der Waals surface area contributed by atoms with Crippen LogP contribution < -0.4 is 0 Å². The van der Waals surface area contributed by atoms with Crippen molar-refractivity contribution < 1.29 is 9.90 Å². The predicted molar refractivity (Wildman–Crippen MR) is 56.5 cm³/mol. The van der Waals surface area contributed by atoms with E-state index in [1.165, 1.54) is 6.08 Å². The topological polar surface area (TPSA) is 37.3 Å². The molecule has 0 fully saturated rings. The summed E-state index contributed by atoms with van der Waals surface area (Å²) in [7, 11) is 0. The molecule has 1 N–H and O–H groups in total. The monoisotopic (exact) mass is 190 g/mol. The Bertz CT molecular complexity index is 353. The van der Waals surface area contributed by atoms with E-state index in [-0.39, 0.29) is 12.4 Å². The van der Waals surface area contributed by atoms with Crippen molar-refractivity contribution in [2.75, 3.05) is 6.61 Å². The molecule has 0 atom stereocenters. The number of allylic oxidation sites excluding steroid dienone is 1. The molecule has 1 aromatic carbocycles. The Labute approximate surface area is 83.9 Å². The third-order valence-corrected chi connectivity index (χ3v) is 2.28. The first kappa shape index (κ1) is 10.7. The van der Waals surface area contributed by atoms with Gasteiger partial charge in [-0.15, -0.1) is 0 Å². The maximum Gasteiger partial charge on any atom is 0.185 e. The summed E-state index contributed by atoms with van der Waals surface area (Å²) >= 11 is 0. The molecule has 0 saturated heterocycles. The minimum Gasteiger partial charge on any atom is -0.396 e. The Kier molecular flexibility index (Phi) is 3.60. The van der Waals surface area contributed by atoms with E-state index in [0.29, 0.717) is 12.0 Å². The third-order valence-electron chi connectivity index (χ3n) is 2.28. The van der Waals surface area contributed by atoms with E-state index in [9.17, 15) is 4.79 Å². The molecule has 0 aliphatic heterocycles. The summed E-state index contributed by atoms with van der Waals surface area (Å²) in [5, 5.41) is 8.83. The molecule has 74 valence electrons. The molecule has 1 aromatic rings. The van der Waals surface area contributed by atoms with E-state index in [0.717, 1.165) is 11.1 Å². The second-order valence-corrected chi connectivity index (χ2v) is 3.13. The number of ketones is 1. The van der Waals surface area contributed by atoms with E-state index in [1.54, 1.807) is 6.07 Å². The second kappa shape index (κ2) is 4.72. The van der Waals surface area contributed by atoms with Gasteiger partial charge in [0.25, 0.3) is 0 Å². The lowest BCUT2D eigenvalue weighted by Gasteiger charge is -2.07. The van der Waals surface area contributed by atoms with Gasteiger partial charge in [-0.1, -0.05) is 24.8 Å². The molecule has 1 rings (SSSR count). The van der Waals surface area contributed by atoms with Crippen LogP contribution in [0.5, 0.6) is 0 Å². The summed E-state index contributed by atoms with van der Waals surface area (Å²) in [4.78, 5) is 11.4. The van der Waals surface area contributed by atoms with Gasteiger partial charge in [0.2, 0.25) is 0 Å². The van der Waals surface area contributed by atoms with Crippen LogP contribution >= 0.6 is 0 Å². The first-order valence-corrected chi connectivity index (χ1v) is 4.56. The van der Waals surface area contributed by atoms with Crippen molar-refractivity contribution in [3.8, 4) is 0 Å². The van der Waals surface area contributed by atoms with Gasteiger partial charge in [0, 0.05) is 12.2 Å². The number of carbonyl (C=O) groups is 1. The Morgan fingerprint density at radius 2 is 2.29 bits per heavy atom. The van der Waals surface area contributed by atoms with E-state index in [2.05, 4.69) is 6.58 Å². The average molecular weight is 190 g/mol. The molecule has 2 nitrogen and oxygen atoms in total. The molecule has 0 spiro atoms. The molecular weight excluding hydrogens is 176 g/mol. The molecule has 0 heterocycles. The highest BCUT2D eigenvalue weighted by Crippen LogP contribution is 2.15. The van der Waals surface area contributed by atoms with Crippen LogP contribution in [-0.2, 0) is 6.42 Å². The average Bonchev–Trinajstić information content (AvgIpc) is 2.20. The smallest absolute Gasteiger partial charge is 0.185 e. The number of hydrogen-bond acceptors (Lipinski definition) is 2. The number of benzene rings is 1. The van der Waals surface area contributed by atoms with Gasteiger partial charge in [-0.25, -0.2) is 0 Å². The van der Waals surface area contributed by atoms with Crippen LogP contribution in [-0.4, -0.2) is 17.5 Å². The molecule has 0 aromatic heterocycles. The fourth-order valence-corrected chi connectivity index (χ4v) is 1.45. The van der Waals surface area contributed by atoms with Crippen molar-refractivity contribution in [1.82, 2.24) is 0 Å². The van der Waals surface area contributed by atoms with Crippen molar-refractivity contribution in [3.63, 3.8) is 0 Å². The van der Waals surface area contributed by atoms with E-state index in [4.69, 9.17) is 5.11 Å². The standard InChI is InChI=1S/C12H14O2/c1-3-12(14)11-6-4-5-10(7-8-13)9(11)2/h3-6,13H,1,7-8H2,2H3. The van der Waals surface area contributed by atoms with Crippen molar-refractivity contribution in [2.45, 2.75) is 13.3 Å². The molecule has 0 radical (unpaired) electrons. The Balaban J connectivity index is 3.13. The first-order valence-electron chi connectivity index (χ1n) is 4.56. The van der Waals surface area contributed by atoms with Gasteiger partial charge < -0.3 is 5.11 Å². The fourth-order valence-electron chi connectivity index (χ4n) is 1.45. The Morgan fingerprint density at radius 1 is 1.57 bits per heavy atom. The number of aliphatic hydroxyl groups excluding tert-OH is 1. The maximum atomic E-state index is 11.4. The van der Waals surface area contributed by atoms with Crippen LogP contribution in [0.25, 0.3) is 0 Å². The molecule has 0 aliphatic rings. The van der Waals surface area contributed by atoms with E-state index >= 15 is 0 Å². The van der Waals surface area contributed by atoms with Gasteiger partial charge in [-0.3, -0.25) is 4.79 Å². The molecule has 0 aliphatic carbocycles. The predicted octanol–water partition coefficient (Wildman–Crippen LogP) is 1.90. The zero-order chi connectivity index (χ0) is 10.6. The Hall–Kier alpha value is -1.41. The highest BCUT2D eigenvalue weighted by Gasteiger charge is 2.07. The van der Waals surface area contributed by atoms with Gasteiger partial charge in [-0.05, 0) is 30.5 Å². The molecule has 0 bridgehead atoms. The lowest BCUT2D eigenvalue weighted by atomic mass is 9.98. The highest BCUT2D eigenvalue weighted by molar-refractivity contribution is 6.05. The molecular formula is C12H14O2. The van der Waals surface area contributed by atoms with Gasteiger partial charge in [0.05, 0.1) is 0 Å². The summed E-state index contributed by atoms with van der Waals surface area (Å²) in [5.41, 5.74) is 2.62. The van der Waals surface area contributed by atoms with Gasteiger partial charge in [-0.2, -0.15) is 0 Å². The van der Waals surface area contributed by atoms with Crippen molar-refractivity contribution in [2.24, 2.45) is 0 Å². The first-order chi connectivity index (χ1) is 6.70. The van der Waals surface area contributed by atoms with E-state index in [1.807, 2.05) is 19.1 Å². The van der Waals surface area contributed by atoms with Crippen LogP contribution in [0.3, 0.4) is 0 Å². The summed E-state index contributed by atoms with van der Waals surface area (Å²) in [5.74, 6) is -0.0673.